The van der Waals surface area contributed by atoms with Gasteiger partial charge in [-0.3, -0.25) is 0 Å². The summed E-state index contributed by atoms with van der Waals surface area (Å²) in [6.07, 6.45) is 4.07. The molecule has 1 aromatic carbocycles. The van der Waals surface area contributed by atoms with Crippen LogP contribution in [0.1, 0.15) is 32.6 Å². The van der Waals surface area contributed by atoms with Crippen molar-refractivity contribution in [2.24, 2.45) is 0 Å². The maximum atomic E-state index is 12.2. The van der Waals surface area contributed by atoms with E-state index in [9.17, 15) is 8.42 Å². The quantitative estimate of drug-likeness (QED) is 0.756. The average Bonchev–Trinajstić information content (AvgIpc) is 2.98. The molecule has 1 saturated heterocycles. The Morgan fingerprint density at radius 1 is 1.32 bits per heavy atom. The van der Waals surface area contributed by atoms with E-state index in [1.807, 2.05) is 6.92 Å². The molecule has 1 heterocycles. The van der Waals surface area contributed by atoms with E-state index in [0.717, 1.165) is 25.8 Å². The van der Waals surface area contributed by atoms with Gasteiger partial charge in [0.1, 0.15) is 5.75 Å². The van der Waals surface area contributed by atoms with E-state index in [1.54, 1.807) is 24.3 Å². The van der Waals surface area contributed by atoms with Crippen LogP contribution in [0.5, 0.6) is 5.75 Å². The van der Waals surface area contributed by atoms with Crippen molar-refractivity contribution in [2.75, 3.05) is 19.7 Å². The lowest BCUT2D eigenvalue weighted by Gasteiger charge is -2.11. The van der Waals surface area contributed by atoms with E-state index in [0.29, 0.717) is 24.9 Å². The van der Waals surface area contributed by atoms with Gasteiger partial charge >= 0.3 is 0 Å². The van der Waals surface area contributed by atoms with Crippen molar-refractivity contribution in [3.05, 3.63) is 24.3 Å². The van der Waals surface area contributed by atoms with Gasteiger partial charge < -0.3 is 10.1 Å². The Hall–Kier alpha value is -0.820. The lowest BCUT2D eigenvalue weighted by atomic mass is 10.2. The standard InChI is InChI=1S/C15H24N2O3S.ClH/c1-2-12-20-14-5-7-15(8-6-14)21(18,19)17-11-9-13-4-3-10-16-13;/h5-8,13,16-17H,2-4,9-12H2,1H3;1H/t13-;/m1./s1. The Morgan fingerprint density at radius 3 is 2.64 bits per heavy atom. The van der Waals surface area contributed by atoms with Crippen LogP contribution < -0.4 is 14.8 Å². The summed E-state index contributed by atoms with van der Waals surface area (Å²) in [5, 5.41) is 3.36. The Labute approximate surface area is 139 Å². The highest BCUT2D eigenvalue weighted by molar-refractivity contribution is 7.89. The minimum atomic E-state index is -3.42. The van der Waals surface area contributed by atoms with Crippen LogP contribution in [0.25, 0.3) is 0 Å². The molecule has 0 unspecified atom stereocenters. The van der Waals surface area contributed by atoms with Crippen molar-refractivity contribution in [2.45, 2.75) is 43.5 Å². The normalized spacial score (nSPS) is 18.0. The summed E-state index contributed by atoms with van der Waals surface area (Å²) < 4.78 is 32.4. The van der Waals surface area contributed by atoms with Gasteiger partial charge in [-0.25, -0.2) is 13.1 Å². The van der Waals surface area contributed by atoms with Gasteiger partial charge in [0.2, 0.25) is 10.0 Å². The third-order valence-electron chi connectivity index (χ3n) is 3.55. The van der Waals surface area contributed by atoms with Crippen molar-refractivity contribution in [3.63, 3.8) is 0 Å². The molecule has 5 nitrogen and oxygen atoms in total. The summed E-state index contributed by atoms with van der Waals surface area (Å²) in [7, 11) is -3.42. The lowest BCUT2D eigenvalue weighted by Crippen LogP contribution is -2.30. The molecule has 0 saturated carbocycles. The lowest BCUT2D eigenvalue weighted by molar-refractivity contribution is 0.317. The number of halogens is 1. The predicted molar refractivity (Wildman–Crippen MR) is 90.3 cm³/mol. The highest BCUT2D eigenvalue weighted by Crippen LogP contribution is 2.16. The molecule has 0 bridgehead atoms. The van der Waals surface area contributed by atoms with Crippen molar-refractivity contribution < 1.29 is 13.2 Å². The predicted octanol–water partition coefficient (Wildman–Crippen LogP) is 2.32. The van der Waals surface area contributed by atoms with Crippen molar-refractivity contribution in [1.82, 2.24) is 10.0 Å². The Bertz CT molecular complexity index is 528. The summed E-state index contributed by atoms with van der Waals surface area (Å²) in [5.41, 5.74) is 0. The number of nitrogens with one attached hydrogen (secondary N) is 2. The zero-order valence-corrected chi connectivity index (χ0v) is 14.5. The van der Waals surface area contributed by atoms with Crippen LogP contribution in [-0.2, 0) is 10.0 Å². The first-order chi connectivity index (χ1) is 10.1. The van der Waals surface area contributed by atoms with Gasteiger partial charge in [-0.1, -0.05) is 6.92 Å². The van der Waals surface area contributed by atoms with E-state index < -0.39 is 10.0 Å². The first kappa shape index (κ1) is 19.2. The van der Waals surface area contributed by atoms with E-state index in [4.69, 9.17) is 4.74 Å². The van der Waals surface area contributed by atoms with Crippen LogP contribution in [-0.4, -0.2) is 34.2 Å². The summed E-state index contributed by atoms with van der Waals surface area (Å²) >= 11 is 0. The van der Waals surface area contributed by atoms with Crippen LogP contribution in [0.3, 0.4) is 0 Å². The van der Waals surface area contributed by atoms with Crippen LogP contribution in [0, 0.1) is 0 Å². The van der Waals surface area contributed by atoms with Crippen LogP contribution in [0.4, 0.5) is 0 Å². The van der Waals surface area contributed by atoms with Gasteiger partial charge in [0, 0.05) is 12.6 Å². The van der Waals surface area contributed by atoms with Crippen LogP contribution in [0.2, 0.25) is 0 Å². The van der Waals surface area contributed by atoms with Gasteiger partial charge in [-0.15, -0.1) is 12.4 Å². The number of benzene rings is 1. The highest BCUT2D eigenvalue weighted by Gasteiger charge is 2.17. The highest BCUT2D eigenvalue weighted by atomic mass is 35.5. The second-order valence-electron chi connectivity index (χ2n) is 5.30. The summed E-state index contributed by atoms with van der Waals surface area (Å²) in [5.74, 6) is 0.700. The molecule has 126 valence electrons. The first-order valence-electron chi connectivity index (χ1n) is 7.58. The fraction of sp³-hybridized carbons (Fsp3) is 0.600. The Kier molecular flexibility index (Phi) is 8.17. The maximum absolute atomic E-state index is 12.2. The fourth-order valence-electron chi connectivity index (χ4n) is 2.39. The molecule has 0 spiro atoms. The average molecular weight is 349 g/mol. The molecule has 1 atom stereocenters. The van der Waals surface area contributed by atoms with Gasteiger partial charge in [0.05, 0.1) is 11.5 Å². The molecule has 0 amide bonds. The number of rotatable bonds is 8. The van der Waals surface area contributed by atoms with Crippen molar-refractivity contribution >= 4 is 22.4 Å². The molecule has 0 radical (unpaired) electrons. The molecule has 0 aromatic heterocycles. The third-order valence-corrected chi connectivity index (χ3v) is 5.03. The molecule has 0 aliphatic carbocycles. The number of hydrogen-bond donors (Lipinski definition) is 2. The number of hydrogen-bond acceptors (Lipinski definition) is 4. The zero-order chi connectivity index (χ0) is 15.1. The van der Waals surface area contributed by atoms with Crippen LogP contribution >= 0.6 is 12.4 Å². The van der Waals surface area contributed by atoms with Gasteiger partial charge in [-0.2, -0.15) is 0 Å². The van der Waals surface area contributed by atoms with E-state index in [2.05, 4.69) is 10.0 Å². The molecule has 1 aliphatic rings. The minimum Gasteiger partial charge on any atom is -0.494 e. The number of ether oxygens (including phenoxy) is 1. The van der Waals surface area contributed by atoms with Gasteiger partial charge in [0.15, 0.2) is 0 Å². The topological polar surface area (TPSA) is 67.4 Å². The number of sulfonamides is 1. The molecule has 2 rings (SSSR count). The molecular formula is C15H25ClN2O3S. The molecule has 22 heavy (non-hydrogen) atoms. The Balaban J connectivity index is 0.00000242. The largest absolute Gasteiger partial charge is 0.494 e. The zero-order valence-electron chi connectivity index (χ0n) is 12.9. The minimum absolute atomic E-state index is 0. The maximum Gasteiger partial charge on any atom is 0.240 e. The van der Waals surface area contributed by atoms with E-state index in [-0.39, 0.29) is 17.3 Å². The second kappa shape index (κ2) is 9.35. The second-order valence-corrected chi connectivity index (χ2v) is 7.07. The molecular weight excluding hydrogens is 324 g/mol. The molecule has 7 heteroatoms. The molecule has 1 aromatic rings. The summed E-state index contributed by atoms with van der Waals surface area (Å²) in [4.78, 5) is 0.283. The molecule has 2 N–H and O–H groups in total. The van der Waals surface area contributed by atoms with Crippen molar-refractivity contribution in [1.29, 1.82) is 0 Å². The third kappa shape index (κ3) is 5.76. The van der Waals surface area contributed by atoms with Gasteiger partial charge in [-0.05, 0) is 56.5 Å². The Morgan fingerprint density at radius 2 is 2.05 bits per heavy atom. The monoisotopic (exact) mass is 348 g/mol. The summed E-state index contributed by atoms with van der Waals surface area (Å²) in [6.45, 7) is 4.17. The van der Waals surface area contributed by atoms with E-state index >= 15 is 0 Å². The van der Waals surface area contributed by atoms with Crippen molar-refractivity contribution in [3.8, 4) is 5.75 Å². The molecule has 1 fully saturated rings. The molecule has 1 aliphatic heterocycles. The smallest absolute Gasteiger partial charge is 0.240 e. The SMILES string of the molecule is CCCOc1ccc(S(=O)(=O)NCC[C@H]2CCCN2)cc1.Cl. The first-order valence-corrected chi connectivity index (χ1v) is 9.06. The van der Waals surface area contributed by atoms with E-state index in [1.165, 1.54) is 6.42 Å². The summed E-state index contributed by atoms with van der Waals surface area (Å²) in [6, 6.07) is 7.01. The van der Waals surface area contributed by atoms with Crippen LogP contribution in [0.15, 0.2) is 29.2 Å². The fourth-order valence-corrected chi connectivity index (χ4v) is 3.44. The van der Waals surface area contributed by atoms with Gasteiger partial charge in [0.25, 0.3) is 0 Å².